The molecule has 2 aromatic rings. The van der Waals surface area contributed by atoms with Crippen molar-refractivity contribution in [3.63, 3.8) is 0 Å². The second-order valence-corrected chi connectivity index (χ2v) is 8.27. The van der Waals surface area contributed by atoms with E-state index < -0.39 is 48.7 Å². The molecule has 1 aromatic heterocycles. The Kier molecular flexibility index (Phi) is 5.30. The van der Waals surface area contributed by atoms with Crippen molar-refractivity contribution in [1.82, 2.24) is 4.98 Å². The predicted octanol–water partition coefficient (Wildman–Crippen LogP) is 2.08. The Bertz CT molecular complexity index is 973. The zero-order valence-corrected chi connectivity index (χ0v) is 15.1. The average molecular weight is 409 g/mol. The number of halogens is 2. The molecule has 25 heavy (non-hydrogen) atoms. The highest BCUT2D eigenvalue weighted by Gasteiger charge is 2.27. The number of carbonyl (C=O) groups excluding carboxylic acids is 2. The van der Waals surface area contributed by atoms with Gasteiger partial charge in [-0.2, -0.15) is 0 Å². The van der Waals surface area contributed by atoms with Crippen LogP contribution in [-0.4, -0.2) is 43.8 Å². The maximum atomic E-state index is 13.8. The molecule has 2 rings (SSSR count). The summed E-state index contributed by atoms with van der Waals surface area (Å²) in [5.41, 5.74) is -0.993. The maximum Gasteiger partial charge on any atom is 0.359 e. The van der Waals surface area contributed by atoms with Crippen molar-refractivity contribution in [2.45, 2.75) is 4.21 Å². The topological polar surface area (TPSA) is 123 Å². The van der Waals surface area contributed by atoms with Crippen LogP contribution in [0.1, 0.15) is 20.8 Å². The number of rotatable bonds is 4. The molecular formula is C13H10ClFN2O6S2. The number of hydrogen-bond acceptors (Lipinski definition) is 8. The number of amides is 1. The SMILES string of the molecule is COC(=O)c1nc(NC(=O)c2cc(Cl)c(O)cc2F)sc1S(C)(=O)=O. The fourth-order valence-corrected chi connectivity index (χ4v) is 3.88. The Labute approximate surface area is 150 Å². The summed E-state index contributed by atoms with van der Waals surface area (Å²) < 4.78 is 41.3. The number of thiazole rings is 1. The molecule has 0 atom stereocenters. The molecule has 0 saturated heterocycles. The molecule has 0 aliphatic carbocycles. The Morgan fingerprint density at radius 1 is 1.40 bits per heavy atom. The molecule has 0 saturated carbocycles. The molecule has 0 bridgehead atoms. The first-order chi connectivity index (χ1) is 11.5. The highest BCUT2D eigenvalue weighted by Crippen LogP contribution is 2.30. The number of hydrogen-bond donors (Lipinski definition) is 2. The molecule has 1 aromatic carbocycles. The molecule has 0 spiro atoms. The van der Waals surface area contributed by atoms with Crippen LogP contribution in [0.25, 0.3) is 0 Å². The van der Waals surface area contributed by atoms with Crippen LogP contribution < -0.4 is 5.32 Å². The number of anilines is 1. The van der Waals surface area contributed by atoms with E-state index in [1.54, 1.807) is 0 Å². The fraction of sp³-hybridized carbons (Fsp3) is 0.154. The van der Waals surface area contributed by atoms with Gasteiger partial charge in [0.15, 0.2) is 24.9 Å². The number of phenols is 1. The molecule has 8 nitrogen and oxygen atoms in total. The maximum absolute atomic E-state index is 13.8. The zero-order valence-electron chi connectivity index (χ0n) is 12.7. The Morgan fingerprint density at radius 3 is 2.60 bits per heavy atom. The molecule has 134 valence electrons. The van der Waals surface area contributed by atoms with E-state index in [4.69, 9.17) is 11.6 Å². The number of sulfone groups is 1. The minimum atomic E-state index is -3.81. The molecular weight excluding hydrogens is 399 g/mol. The Morgan fingerprint density at radius 2 is 2.04 bits per heavy atom. The molecule has 0 unspecified atom stereocenters. The van der Waals surface area contributed by atoms with Crippen LogP contribution in [0.15, 0.2) is 16.3 Å². The Balaban J connectivity index is 2.41. The second kappa shape index (κ2) is 6.94. The van der Waals surface area contributed by atoms with Gasteiger partial charge in [0.2, 0.25) is 0 Å². The van der Waals surface area contributed by atoms with E-state index in [1.165, 1.54) is 0 Å². The van der Waals surface area contributed by atoms with Gasteiger partial charge in [0.25, 0.3) is 5.91 Å². The van der Waals surface area contributed by atoms with Crippen molar-refractivity contribution in [2.75, 3.05) is 18.7 Å². The number of phenolic OH excluding ortho intramolecular Hbond substituents is 1. The third-order valence-corrected chi connectivity index (χ3v) is 5.91. The molecule has 0 aliphatic rings. The van der Waals surface area contributed by atoms with Crippen LogP contribution in [0.4, 0.5) is 9.52 Å². The van der Waals surface area contributed by atoms with Crippen molar-refractivity contribution in [1.29, 1.82) is 0 Å². The summed E-state index contributed by atoms with van der Waals surface area (Å²) in [5.74, 6) is -3.59. The number of aromatic nitrogens is 1. The van der Waals surface area contributed by atoms with Crippen LogP contribution >= 0.6 is 22.9 Å². The summed E-state index contributed by atoms with van der Waals surface area (Å²) in [6, 6.07) is 1.55. The summed E-state index contributed by atoms with van der Waals surface area (Å²) in [7, 11) is -2.77. The zero-order chi connectivity index (χ0) is 18.9. The van der Waals surface area contributed by atoms with Gasteiger partial charge in [0.05, 0.1) is 17.7 Å². The van der Waals surface area contributed by atoms with E-state index in [1.807, 2.05) is 0 Å². The lowest BCUT2D eigenvalue weighted by Crippen LogP contribution is -2.14. The largest absolute Gasteiger partial charge is 0.506 e. The minimum Gasteiger partial charge on any atom is -0.506 e. The monoisotopic (exact) mass is 408 g/mol. The van der Waals surface area contributed by atoms with Gasteiger partial charge in [-0.3, -0.25) is 10.1 Å². The van der Waals surface area contributed by atoms with E-state index in [0.717, 1.165) is 19.4 Å². The smallest absolute Gasteiger partial charge is 0.359 e. The van der Waals surface area contributed by atoms with Gasteiger partial charge in [-0.15, -0.1) is 0 Å². The lowest BCUT2D eigenvalue weighted by atomic mass is 10.2. The van der Waals surface area contributed by atoms with E-state index in [9.17, 15) is 27.5 Å². The molecule has 0 aliphatic heterocycles. The summed E-state index contributed by atoms with van der Waals surface area (Å²) in [4.78, 5) is 27.5. The van der Waals surface area contributed by atoms with Crippen LogP contribution in [0, 0.1) is 5.82 Å². The van der Waals surface area contributed by atoms with Gasteiger partial charge in [-0.1, -0.05) is 22.9 Å². The second-order valence-electron chi connectivity index (χ2n) is 4.66. The van der Waals surface area contributed by atoms with Gasteiger partial charge in [-0.25, -0.2) is 22.6 Å². The number of ether oxygens (including phenoxy) is 1. The number of nitrogens with zero attached hydrogens (tertiary/aromatic N) is 1. The third kappa shape index (κ3) is 4.06. The standard InChI is InChI=1S/C13H10ClFN2O6S2/c1-23-11(20)9-12(25(2,21)22)24-13(16-9)17-10(19)5-3-6(14)8(18)4-7(5)15/h3-4,18H,1-2H3,(H,16,17,19). The van der Waals surface area contributed by atoms with Gasteiger partial charge in [0, 0.05) is 12.3 Å². The molecule has 0 radical (unpaired) electrons. The summed E-state index contributed by atoms with van der Waals surface area (Å²) in [5, 5.41) is 10.9. The molecule has 0 fully saturated rings. The number of methoxy groups -OCH3 is 1. The quantitative estimate of drug-likeness (QED) is 0.742. The fourth-order valence-electron chi connectivity index (χ4n) is 1.71. The summed E-state index contributed by atoms with van der Waals surface area (Å²) >= 11 is 6.14. The lowest BCUT2D eigenvalue weighted by molar-refractivity contribution is 0.0590. The van der Waals surface area contributed by atoms with Crippen LogP contribution in [-0.2, 0) is 14.6 Å². The van der Waals surface area contributed by atoms with E-state index in [2.05, 4.69) is 15.0 Å². The normalized spacial score (nSPS) is 11.2. The highest BCUT2D eigenvalue weighted by molar-refractivity contribution is 7.93. The minimum absolute atomic E-state index is 0.252. The van der Waals surface area contributed by atoms with Crippen molar-refractivity contribution < 1.29 is 32.2 Å². The van der Waals surface area contributed by atoms with Gasteiger partial charge in [-0.05, 0) is 6.07 Å². The number of aromatic hydroxyl groups is 1. The highest BCUT2D eigenvalue weighted by atomic mass is 35.5. The third-order valence-electron chi connectivity index (χ3n) is 2.81. The van der Waals surface area contributed by atoms with Crippen LogP contribution in [0.2, 0.25) is 5.02 Å². The average Bonchev–Trinajstić information content (AvgIpc) is 2.94. The number of esters is 1. The molecule has 2 N–H and O–H groups in total. The number of nitrogens with one attached hydrogen (secondary N) is 1. The van der Waals surface area contributed by atoms with Gasteiger partial charge >= 0.3 is 5.97 Å². The van der Waals surface area contributed by atoms with E-state index in [0.29, 0.717) is 17.4 Å². The predicted molar refractivity (Wildman–Crippen MR) is 87.6 cm³/mol. The van der Waals surface area contributed by atoms with E-state index in [-0.39, 0.29) is 10.2 Å². The van der Waals surface area contributed by atoms with Crippen molar-refractivity contribution in [2.24, 2.45) is 0 Å². The van der Waals surface area contributed by atoms with Crippen LogP contribution in [0.3, 0.4) is 0 Å². The van der Waals surface area contributed by atoms with Gasteiger partial charge < -0.3 is 9.84 Å². The van der Waals surface area contributed by atoms with Crippen molar-refractivity contribution in [3.05, 3.63) is 34.2 Å². The summed E-state index contributed by atoms with van der Waals surface area (Å²) in [6.07, 6.45) is 0.859. The lowest BCUT2D eigenvalue weighted by Gasteiger charge is -2.05. The Hall–Kier alpha value is -2.24. The number of carbonyl (C=O) groups is 2. The molecule has 1 heterocycles. The first-order valence-corrected chi connectivity index (χ1v) is 9.41. The first kappa shape index (κ1) is 19.1. The van der Waals surface area contributed by atoms with Crippen LogP contribution in [0.5, 0.6) is 5.75 Å². The van der Waals surface area contributed by atoms with Crippen molar-refractivity contribution in [3.8, 4) is 5.75 Å². The summed E-state index contributed by atoms with van der Waals surface area (Å²) in [6.45, 7) is 0. The molecule has 1 amide bonds. The van der Waals surface area contributed by atoms with E-state index >= 15 is 0 Å². The van der Waals surface area contributed by atoms with Crippen molar-refractivity contribution >= 4 is 49.8 Å². The molecule has 12 heteroatoms. The van der Waals surface area contributed by atoms with Gasteiger partial charge in [0.1, 0.15) is 11.6 Å². The first-order valence-electron chi connectivity index (χ1n) is 6.33. The number of benzene rings is 1.